The highest BCUT2D eigenvalue weighted by molar-refractivity contribution is 7.15. The number of hydrogen-bond acceptors (Lipinski definition) is 6. The lowest BCUT2D eigenvalue weighted by Gasteiger charge is -2.48. The highest BCUT2D eigenvalue weighted by atomic mass is 32.1. The summed E-state index contributed by atoms with van der Waals surface area (Å²) in [6.07, 6.45) is -2.72. The van der Waals surface area contributed by atoms with Crippen molar-refractivity contribution in [3.8, 4) is 10.4 Å². The Morgan fingerprint density at radius 2 is 1.62 bits per heavy atom. The molecule has 2 aromatic heterocycles. The molecule has 0 radical (unpaired) electrons. The third-order valence-electron chi connectivity index (χ3n) is 6.18. The van der Waals surface area contributed by atoms with Gasteiger partial charge in [-0.2, -0.15) is 13.2 Å². The first kappa shape index (κ1) is 23.0. The molecule has 0 saturated carbocycles. The molecule has 6 nitrogen and oxygen atoms in total. The molecule has 34 heavy (non-hydrogen) atoms. The molecule has 2 aliphatic rings. The van der Waals surface area contributed by atoms with E-state index in [2.05, 4.69) is 9.88 Å². The van der Waals surface area contributed by atoms with Gasteiger partial charge in [0.2, 0.25) is 0 Å². The van der Waals surface area contributed by atoms with Gasteiger partial charge in [0.25, 0.3) is 11.8 Å². The minimum Gasteiger partial charge on any atom is -0.335 e. The number of benzene rings is 1. The van der Waals surface area contributed by atoms with E-state index in [1.807, 2.05) is 4.90 Å². The van der Waals surface area contributed by atoms with Gasteiger partial charge in [0, 0.05) is 67.3 Å². The summed E-state index contributed by atoms with van der Waals surface area (Å²) in [6.45, 7) is 4.06. The van der Waals surface area contributed by atoms with Crippen LogP contribution in [0.1, 0.15) is 25.0 Å². The second-order valence-electron chi connectivity index (χ2n) is 8.27. The van der Waals surface area contributed by atoms with Gasteiger partial charge < -0.3 is 9.80 Å². The van der Waals surface area contributed by atoms with Crippen LogP contribution in [0.3, 0.4) is 0 Å². The van der Waals surface area contributed by atoms with Crippen molar-refractivity contribution in [2.75, 3.05) is 39.3 Å². The van der Waals surface area contributed by atoms with Gasteiger partial charge in [-0.25, -0.2) is 4.98 Å². The first-order valence-electron chi connectivity index (χ1n) is 10.8. The molecule has 0 spiro atoms. The van der Waals surface area contributed by atoms with Crippen LogP contribution >= 0.6 is 22.7 Å². The Morgan fingerprint density at radius 1 is 0.912 bits per heavy atom. The van der Waals surface area contributed by atoms with Gasteiger partial charge in [-0.3, -0.25) is 14.5 Å². The summed E-state index contributed by atoms with van der Waals surface area (Å²) in [5.74, 6) is -0.108. The van der Waals surface area contributed by atoms with E-state index < -0.39 is 11.1 Å². The minimum atomic E-state index is -4.35. The van der Waals surface area contributed by atoms with Crippen molar-refractivity contribution in [3.63, 3.8) is 0 Å². The largest absolute Gasteiger partial charge is 0.425 e. The molecular formula is C23H21F3N4O2S2. The molecular weight excluding hydrogens is 485 g/mol. The molecule has 0 aliphatic carbocycles. The van der Waals surface area contributed by atoms with Crippen molar-refractivity contribution < 1.29 is 22.8 Å². The van der Waals surface area contributed by atoms with Crippen LogP contribution in [0, 0.1) is 0 Å². The van der Waals surface area contributed by atoms with E-state index in [0.717, 1.165) is 19.2 Å². The maximum atomic E-state index is 12.8. The zero-order chi connectivity index (χ0) is 23.9. The van der Waals surface area contributed by atoms with E-state index in [-0.39, 0.29) is 17.9 Å². The van der Waals surface area contributed by atoms with Crippen LogP contribution in [0.5, 0.6) is 0 Å². The molecule has 0 atom stereocenters. The van der Waals surface area contributed by atoms with Gasteiger partial charge in [0.15, 0.2) is 5.01 Å². The summed E-state index contributed by atoms with van der Waals surface area (Å²) in [6, 6.07) is 9.52. The van der Waals surface area contributed by atoms with Gasteiger partial charge in [-0.05, 0) is 29.8 Å². The Kier molecular flexibility index (Phi) is 6.17. The number of carbonyl (C=O) groups excluding carboxylic acids is 2. The van der Waals surface area contributed by atoms with Crippen molar-refractivity contribution in [3.05, 3.63) is 63.4 Å². The third kappa shape index (κ3) is 4.59. The van der Waals surface area contributed by atoms with E-state index in [9.17, 15) is 22.8 Å². The Labute approximate surface area is 202 Å². The number of thiazole rings is 1. The molecule has 2 fully saturated rings. The van der Waals surface area contributed by atoms with E-state index in [1.165, 1.54) is 17.4 Å². The van der Waals surface area contributed by atoms with Crippen molar-refractivity contribution in [2.24, 2.45) is 0 Å². The molecule has 2 amide bonds. The highest BCUT2D eigenvalue weighted by Gasteiger charge is 2.37. The first-order valence-corrected chi connectivity index (χ1v) is 12.5. The lowest BCUT2D eigenvalue weighted by atomic mass is 10.0. The lowest BCUT2D eigenvalue weighted by Crippen LogP contribution is -2.64. The molecule has 5 rings (SSSR count). The average Bonchev–Trinajstić information content (AvgIpc) is 3.50. The summed E-state index contributed by atoms with van der Waals surface area (Å²) in [7, 11) is 0. The topological polar surface area (TPSA) is 56.8 Å². The molecule has 2 aliphatic heterocycles. The molecule has 3 aromatic rings. The molecule has 2 saturated heterocycles. The van der Waals surface area contributed by atoms with Crippen molar-refractivity contribution in [2.45, 2.75) is 12.2 Å². The minimum absolute atomic E-state index is 0.0271. The van der Waals surface area contributed by atoms with Crippen LogP contribution in [0.2, 0.25) is 0 Å². The number of likely N-dealkylation sites (tertiary alicyclic amines) is 1. The molecule has 178 valence electrons. The number of piperazine rings is 1. The monoisotopic (exact) mass is 506 g/mol. The van der Waals surface area contributed by atoms with Gasteiger partial charge in [0.1, 0.15) is 4.88 Å². The number of aromatic nitrogens is 1. The second kappa shape index (κ2) is 9.12. The predicted octanol–water partition coefficient (Wildman–Crippen LogP) is 4.17. The number of carbonyl (C=O) groups is 2. The Bertz CT molecular complexity index is 1160. The summed E-state index contributed by atoms with van der Waals surface area (Å²) in [5, 5.41) is 2.31. The Morgan fingerprint density at radius 3 is 2.21 bits per heavy atom. The fraction of sp³-hybridized carbons (Fsp3) is 0.348. The van der Waals surface area contributed by atoms with Gasteiger partial charge in [-0.15, -0.1) is 22.7 Å². The lowest BCUT2D eigenvalue weighted by molar-refractivity contribution is -0.134. The number of hydrogen-bond donors (Lipinski definition) is 0. The Hall–Kier alpha value is -2.76. The maximum absolute atomic E-state index is 12.8. The van der Waals surface area contributed by atoms with Gasteiger partial charge >= 0.3 is 6.18 Å². The smallest absolute Gasteiger partial charge is 0.335 e. The SMILES string of the molecule is O=C(c1ccc(-c2ccc(C(F)(F)F)s2)cc1)N1CC(N2CCN(C(=O)c3nccs3)CC2)C1. The standard InChI is InChI=1S/C23H21F3N4O2S2/c24-23(25,26)19-6-5-18(34-19)15-1-3-16(4-2-15)21(31)30-13-17(14-30)28-8-10-29(11-9-28)22(32)20-27-7-12-33-20/h1-7,12,17H,8-11,13-14H2. The zero-order valence-electron chi connectivity index (χ0n) is 18.0. The predicted molar refractivity (Wildman–Crippen MR) is 124 cm³/mol. The van der Waals surface area contributed by atoms with Crippen LogP contribution in [0.4, 0.5) is 13.2 Å². The van der Waals surface area contributed by atoms with Crippen molar-refractivity contribution in [1.82, 2.24) is 19.7 Å². The summed E-state index contributed by atoms with van der Waals surface area (Å²) < 4.78 is 38.5. The Balaban J connectivity index is 1.12. The van der Waals surface area contributed by atoms with E-state index in [0.29, 0.717) is 58.5 Å². The molecule has 0 bridgehead atoms. The summed E-state index contributed by atoms with van der Waals surface area (Å²) in [5.41, 5.74) is 1.18. The quantitative estimate of drug-likeness (QED) is 0.533. The second-order valence-corrected chi connectivity index (χ2v) is 10.2. The molecule has 1 aromatic carbocycles. The molecule has 4 heterocycles. The zero-order valence-corrected chi connectivity index (χ0v) is 19.6. The van der Waals surface area contributed by atoms with E-state index >= 15 is 0 Å². The van der Waals surface area contributed by atoms with Crippen LogP contribution in [0.15, 0.2) is 48.0 Å². The number of amides is 2. The van der Waals surface area contributed by atoms with E-state index in [1.54, 1.807) is 40.7 Å². The number of thiophene rings is 1. The molecule has 0 unspecified atom stereocenters. The third-order valence-corrected chi connectivity index (χ3v) is 8.12. The number of nitrogens with zero attached hydrogens (tertiary/aromatic N) is 4. The van der Waals surface area contributed by atoms with Crippen LogP contribution in [-0.4, -0.2) is 76.8 Å². The highest BCUT2D eigenvalue weighted by Crippen LogP contribution is 2.38. The number of rotatable bonds is 4. The fourth-order valence-corrected chi connectivity index (χ4v) is 5.69. The van der Waals surface area contributed by atoms with Crippen LogP contribution < -0.4 is 0 Å². The van der Waals surface area contributed by atoms with Crippen LogP contribution in [-0.2, 0) is 6.18 Å². The summed E-state index contributed by atoms with van der Waals surface area (Å²) in [4.78, 5) is 35.1. The van der Waals surface area contributed by atoms with Crippen LogP contribution in [0.25, 0.3) is 10.4 Å². The molecule has 0 N–H and O–H groups in total. The van der Waals surface area contributed by atoms with Crippen molar-refractivity contribution in [1.29, 1.82) is 0 Å². The number of halogens is 3. The average molecular weight is 507 g/mol. The van der Waals surface area contributed by atoms with Gasteiger partial charge in [-0.1, -0.05) is 12.1 Å². The van der Waals surface area contributed by atoms with Gasteiger partial charge in [0.05, 0.1) is 0 Å². The number of alkyl halides is 3. The fourth-order valence-electron chi connectivity index (χ4n) is 4.21. The first-order chi connectivity index (χ1) is 16.3. The molecule has 11 heteroatoms. The van der Waals surface area contributed by atoms with E-state index in [4.69, 9.17) is 0 Å². The maximum Gasteiger partial charge on any atom is 0.425 e. The van der Waals surface area contributed by atoms with Crippen molar-refractivity contribution >= 4 is 34.5 Å². The summed E-state index contributed by atoms with van der Waals surface area (Å²) >= 11 is 2.04. The normalized spacial score (nSPS) is 17.6.